The molecule has 7 rings (SSSR count). The molecule has 0 N–H and O–H groups in total. The van der Waals surface area contributed by atoms with Crippen LogP contribution in [0, 0.1) is 5.41 Å². The molecule has 0 aromatic heterocycles. The van der Waals surface area contributed by atoms with Gasteiger partial charge in [0.05, 0.1) is 0 Å². The highest BCUT2D eigenvalue weighted by molar-refractivity contribution is 6.41. The third-order valence-electron chi connectivity index (χ3n) is 9.33. The molecule has 0 saturated carbocycles. The van der Waals surface area contributed by atoms with E-state index in [1.807, 2.05) is 62.4 Å². The maximum Gasteiger partial charge on any atom is 0.261 e. The summed E-state index contributed by atoms with van der Waals surface area (Å²) in [6.45, 7) is 10.9. The molecule has 5 aromatic carbocycles. The van der Waals surface area contributed by atoms with Crippen LogP contribution in [0.15, 0.2) is 48.5 Å². The van der Waals surface area contributed by atoms with E-state index in [1.54, 1.807) is 0 Å². The molecule has 2 heterocycles. The van der Waals surface area contributed by atoms with Crippen molar-refractivity contribution in [2.75, 3.05) is 6.54 Å². The van der Waals surface area contributed by atoms with E-state index in [0.29, 0.717) is 45.0 Å². The number of fused-ring (bicyclic) bond motifs is 2. The van der Waals surface area contributed by atoms with Crippen molar-refractivity contribution < 1.29 is 19.2 Å². The molecule has 0 fully saturated rings. The second-order valence-corrected chi connectivity index (χ2v) is 13.7. The van der Waals surface area contributed by atoms with Gasteiger partial charge in [-0.3, -0.25) is 29.0 Å². The predicted octanol–water partition coefficient (Wildman–Crippen LogP) is 8.33. The van der Waals surface area contributed by atoms with Gasteiger partial charge in [-0.2, -0.15) is 0 Å². The van der Waals surface area contributed by atoms with Crippen molar-refractivity contribution in [2.24, 2.45) is 5.41 Å². The van der Waals surface area contributed by atoms with Crippen LogP contribution >= 0.6 is 0 Å². The van der Waals surface area contributed by atoms with Crippen molar-refractivity contribution in [1.82, 2.24) is 9.80 Å². The molecule has 0 spiro atoms. The topological polar surface area (TPSA) is 74.8 Å². The van der Waals surface area contributed by atoms with E-state index in [9.17, 15) is 19.2 Å². The maximum absolute atomic E-state index is 13.7. The van der Waals surface area contributed by atoms with Gasteiger partial charge in [-0.1, -0.05) is 64.3 Å². The Morgan fingerprint density at radius 2 is 0.930 bits per heavy atom. The summed E-state index contributed by atoms with van der Waals surface area (Å²) in [4.78, 5) is 57.1. The Morgan fingerprint density at radius 1 is 0.535 bits per heavy atom. The lowest BCUT2D eigenvalue weighted by Crippen LogP contribution is -2.44. The molecular formula is C37H36N2O4. The molecule has 2 aliphatic heterocycles. The summed E-state index contributed by atoms with van der Waals surface area (Å²) in [6, 6.07) is 14.9. The quantitative estimate of drug-likeness (QED) is 0.0850. The van der Waals surface area contributed by atoms with Crippen molar-refractivity contribution in [1.29, 1.82) is 0 Å². The largest absolute Gasteiger partial charge is 0.274 e. The van der Waals surface area contributed by atoms with Gasteiger partial charge in [0.15, 0.2) is 0 Å². The van der Waals surface area contributed by atoms with Crippen LogP contribution in [0.25, 0.3) is 43.1 Å². The zero-order valence-corrected chi connectivity index (χ0v) is 25.5. The predicted molar refractivity (Wildman–Crippen MR) is 171 cm³/mol. The molecule has 4 amide bonds. The second kappa shape index (κ2) is 9.60. The third kappa shape index (κ3) is 3.99. The van der Waals surface area contributed by atoms with Crippen molar-refractivity contribution in [3.05, 3.63) is 70.8 Å². The minimum absolute atomic E-state index is 0.239. The Hall–Kier alpha value is -4.32. The van der Waals surface area contributed by atoms with Gasteiger partial charge < -0.3 is 0 Å². The smallest absolute Gasteiger partial charge is 0.261 e. The zero-order valence-electron chi connectivity index (χ0n) is 25.5. The van der Waals surface area contributed by atoms with E-state index in [-0.39, 0.29) is 29.7 Å². The van der Waals surface area contributed by atoms with Gasteiger partial charge in [-0.15, -0.1) is 0 Å². The van der Waals surface area contributed by atoms with Gasteiger partial charge in [-0.25, -0.2) is 0 Å². The van der Waals surface area contributed by atoms with Crippen LogP contribution in [-0.4, -0.2) is 46.0 Å². The lowest BCUT2D eigenvalue weighted by Gasteiger charge is -2.31. The molecule has 218 valence electrons. The number of carbonyl (C=O) groups is 4. The summed E-state index contributed by atoms with van der Waals surface area (Å²) in [7, 11) is 0. The minimum Gasteiger partial charge on any atom is -0.274 e. The SMILES string of the molecule is CC(C)N1C(=O)c2ccc3c4ccc5c6c(ccc(c7ccc(c2c37)C1=O)c64)C(=O)N(CCCCCCC(C)(C)C)C5=O. The third-order valence-corrected chi connectivity index (χ3v) is 9.33. The first-order chi connectivity index (χ1) is 20.5. The molecule has 6 nitrogen and oxygen atoms in total. The summed E-state index contributed by atoms with van der Waals surface area (Å²) in [5.74, 6) is -1.04. The van der Waals surface area contributed by atoms with Gasteiger partial charge in [0.25, 0.3) is 23.6 Å². The number of hydrogen-bond acceptors (Lipinski definition) is 4. The van der Waals surface area contributed by atoms with E-state index < -0.39 is 0 Å². The number of nitrogens with zero attached hydrogens (tertiary/aromatic N) is 2. The number of amides is 4. The van der Waals surface area contributed by atoms with Gasteiger partial charge in [-0.05, 0) is 88.7 Å². The van der Waals surface area contributed by atoms with Crippen molar-refractivity contribution in [3.8, 4) is 0 Å². The summed E-state index contributed by atoms with van der Waals surface area (Å²) >= 11 is 0. The van der Waals surface area contributed by atoms with Crippen molar-refractivity contribution >= 4 is 66.7 Å². The molecule has 0 unspecified atom stereocenters. The van der Waals surface area contributed by atoms with E-state index in [4.69, 9.17) is 0 Å². The molecule has 0 radical (unpaired) electrons. The summed E-state index contributed by atoms with van der Waals surface area (Å²) in [5, 5.41) is 6.76. The summed E-state index contributed by atoms with van der Waals surface area (Å²) in [6.07, 6.45) is 5.18. The fourth-order valence-corrected chi connectivity index (χ4v) is 7.29. The summed E-state index contributed by atoms with van der Waals surface area (Å²) in [5.41, 5.74) is 2.47. The highest BCUT2D eigenvalue weighted by atomic mass is 16.2. The Morgan fingerprint density at radius 3 is 1.33 bits per heavy atom. The molecule has 43 heavy (non-hydrogen) atoms. The first-order valence-electron chi connectivity index (χ1n) is 15.4. The second-order valence-electron chi connectivity index (χ2n) is 13.7. The number of rotatable bonds is 7. The number of hydrogen-bond donors (Lipinski definition) is 0. The highest BCUT2D eigenvalue weighted by Gasteiger charge is 2.37. The minimum atomic E-state index is -0.280. The Balaban J connectivity index is 1.33. The Labute approximate surface area is 250 Å². The lowest BCUT2D eigenvalue weighted by atomic mass is 9.82. The van der Waals surface area contributed by atoms with E-state index in [2.05, 4.69) is 20.8 Å². The van der Waals surface area contributed by atoms with Crippen LogP contribution in [0.2, 0.25) is 0 Å². The van der Waals surface area contributed by atoms with Crippen molar-refractivity contribution in [2.45, 2.75) is 72.8 Å². The van der Waals surface area contributed by atoms with Gasteiger partial charge >= 0.3 is 0 Å². The number of imide groups is 2. The molecule has 6 heteroatoms. The lowest BCUT2D eigenvalue weighted by molar-refractivity contribution is 0.0559. The molecule has 0 aliphatic carbocycles. The van der Waals surface area contributed by atoms with Crippen LogP contribution in [0.4, 0.5) is 0 Å². The van der Waals surface area contributed by atoms with Crippen LogP contribution in [0.3, 0.4) is 0 Å². The first kappa shape index (κ1) is 27.5. The average molecular weight is 573 g/mol. The number of unbranched alkanes of at least 4 members (excludes halogenated alkanes) is 3. The standard InChI is InChI=1S/C37H36N2O4/c1-20(2)39-35(42)27-16-12-23-21-10-14-25-31-26(34(41)38(33(25)40)19-9-7-6-8-18-37(3,4)5)15-11-22(29(21)31)24-13-17-28(36(39)43)32(27)30(23)24/h10-17,20H,6-9,18-19H2,1-5H3. The van der Waals surface area contributed by atoms with Crippen molar-refractivity contribution in [3.63, 3.8) is 0 Å². The van der Waals surface area contributed by atoms with Gasteiger partial charge in [0.1, 0.15) is 0 Å². The molecular weight excluding hydrogens is 536 g/mol. The van der Waals surface area contributed by atoms with E-state index in [1.165, 1.54) is 9.80 Å². The van der Waals surface area contributed by atoms with Crippen LogP contribution in [0.5, 0.6) is 0 Å². The van der Waals surface area contributed by atoms with E-state index >= 15 is 0 Å². The number of benzene rings is 5. The fourth-order valence-electron chi connectivity index (χ4n) is 7.29. The molecule has 5 aromatic rings. The van der Waals surface area contributed by atoms with Gasteiger partial charge in [0.2, 0.25) is 0 Å². The number of carbonyl (C=O) groups excluding carboxylic acids is 4. The molecule has 2 aliphatic rings. The first-order valence-corrected chi connectivity index (χ1v) is 15.4. The average Bonchev–Trinajstić information content (AvgIpc) is 2.96. The van der Waals surface area contributed by atoms with Crippen LogP contribution in [-0.2, 0) is 0 Å². The highest BCUT2D eigenvalue weighted by Crippen LogP contribution is 2.46. The van der Waals surface area contributed by atoms with Crippen LogP contribution < -0.4 is 0 Å². The zero-order chi connectivity index (χ0) is 30.4. The molecule has 0 atom stereocenters. The monoisotopic (exact) mass is 572 g/mol. The normalized spacial score (nSPS) is 15.5. The maximum atomic E-state index is 13.7. The molecule has 0 saturated heterocycles. The van der Waals surface area contributed by atoms with Crippen LogP contribution in [0.1, 0.15) is 108 Å². The Bertz CT molecular complexity index is 1910. The Kier molecular flexibility index (Phi) is 6.14. The fraction of sp³-hybridized carbons (Fsp3) is 0.351. The molecule has 0 bridgehead atoms. The summed E-state index contributed by atoms with van der Waals surface area (Å²) < 4.78 is 0. The van der Waals surface area contributed by atoms with Gasteiger partial charge in [0, 0.05) is 45.6 Å². The van der Waals surface area contributed by atoms with E-state index in [0.717, 1.165) is 64.4 Å².